The summed E-state index contributed by atoms with van der Waals surface area (Å²) in [5.41, 5.74) is 0.676. The Labute approximate surface area is 134 Å². The molecule has 1 saturated carbocycles. The van der Waals surface area contributed by atoms with Gasteiger partial charge in [-0.2, -0.15) is 0 Å². The molecule has 2 amide bonds. The summed E-state index contributed by atoms with van der Waals surface area (Å²) in [6.07, 6.45) is 4.01. The van der Waals surface area contributed by atoms with Gasteiger partial charge in [0.2, 0.25) is 18.6 Å². The van der Waals surface area contributed by atoms with E-state index in [0.717, 1.165) is 25.9 Å². The number of nitrogens with one attached hydrogen (secondary N) is 1. The molecule has 2 unspecified atom stereocenters. The van der Waals surface area contributed by atoms with Gasteiger partial charge in [-0.3, -0.25) is 9.59 Å². The largest absolute Gasteiger partial charge is 0.454 e. The maximum absolute atomic E-state index is 12.4. The molecule has 1 saturated heterocycles. The van der Waals surface area contributed by atoms with E-state index in [2.05, 4.69) is 5.32 Å². The Bertz CT molecular complexity index is 639. The number of carbonyl (C=O) groups is 2. The highest BCUT2D eigenvalue weighted by atomic mass is 16.7. The molecule has 1 aromatic carbocycles. The number of anilines is 1. The predicted molar refractivity (Wildman–Crippen MR) is 83.2 cm³/mol. The minimum absolute atomic E-state index is 0.0841. The Balaban J connectivity index is 1.34. The normalized spacial score (nSPS) is 25.1. The first-order chi connectivity index (χ1) is 11.2. The molecule has 1 N–H and O–H groups in total. The van der Waals surface area contributed by atoms with Crippen molar-refractivity contribution in [1.82, 2.24) is 4.90 Å². The van der Waals surface area contributed by atoms with Crippen molar-refractivity contribution in [2.45, 2.75) is 25.7 Å². The highest BCUT2D eigenvalue weighted by Crippen LogP contribution is 2.42. The van der Waals surface area contributed by atoms with Gasteiger partial charge in [0.05, 0.1) is 11.8 Å². The number of amides is 2. The van der Waals surface area contributed by atoms with Crippen molar-refractivity contribution in [3.8, 4) is 11.5 Å². The van der Waals surface area contributed by atoms with Crippen LogP contribution in [0, 0.1) is 11.8 Å². The molecule has 2 aliphatic heterocycles. The average molecular weight is 316 g/mol. The molecular formula is C17H20N2O4. The lowest BCUT2D eigenvalue weighted by Gasteiger charge is -2.26. The zero-order chi connectivity index (χ0) is 15.8. The highest BCUT2D eigenvalue weighted by Gasteiger charge is 2.49. The molecule has 1 aliphatic carbocycles. The van der Waals surface area contributed by atoms with Crippen molar-refractivity contribution in [1.29, 1.82) is 0 Å². The minimum Gasteiger partial charge on any atom is -0.454 e. The molecule has 0 bridgehead atoms. The Morgan fingerprint density at radius 3 is 2.65 bits per heavy atom. The minimum atomic E-state index is -0.199. The second-order valence-corrected chi connectivity index (χ2v) is 6.39. The van der Waals surface area contributed by atoms with Crippen LogP contribution in [0.4, 0.5) is 5.69 Å². The van der Waals surface area contributed by atoms with Gasteiger partial charge in [-0.15, -0.1) is 0 Å². The fourth-order valence-electron chi connectivity index (χ4n) is 3.32. The van der Waals surface area contributed by atoms with E-state index < -0.39 is 0 Å². The number of fused-ring (bicyclic) bond motifs is 1. The molecule has 0 radical (unpaired) electrons. The Kier molecular flexibility index (Phi) is 3.59. The zero-order valence-electron chi connectivity index (χ0n) is 12.9. The first-order valence-corrected chi connectivity index (χ1v) is 8.22. The van der Waals surface area contributed by atoms with Crippen molar-refractivity contribution in [2.24, 2.45) is 11.8 Å². The molecule has 4 rings (SSSR count). The maximum Gasteiger partial charge on any atom is 0.231 e. The lowest BCUT2D eigenvalue weighted by molar-refractivity contribution is -0.134. The van der Waals surface area contributed by atoms with Crippen LogP contribution in [0.5, 0.6) is 11.5 Å². The van der Waals surface area contributed by atoms with Crippen molar-refractivity contribution in [3.05, 3.63) is 18.2 Å². The van der Waals surface area contributed by atoms with Gasteiger partial charge in [-0.1, -0.05) is 0 Å². The van der Waals surface area contributed by atoms with Gasteiger partial charge in [-0.05, 0) is 37.8 Å². The van der Waals surface area contributed by atoms with E-state index in [1.807, 2.05) is 4.90 Å². The van der Waals surface area contributed by atoms with Gasteiger partial charge in [0.25, 0.3) is 0 Å². The number of hydrogen-bond donors (Lipinski definition) is 1. The average Bonchev–Trinajstić information content (AvgIpc) is 3.25. The molecule has 0 aromatic heterocycles. The fraction of sp³-hybridized carbons (Fsp3) is 0.529. The predicted octanol–water partition coefficient (Wildman–Crippen LogP) is 2.00. The molecular weight excluding hydrogens is 296 g/mol. The maximum atomic E-state index is 12.4. The van der Waals surface area contributed by atoms with E-state index >= 15 is 0 Å². The zero-order valence-corrected chi connectivity index (χ0v) is 12.9. The van der Waals surface area contributed by atoms with E-state index in [0.29, 0.717) is 23.6 Å². The summed E-state index contributed by atoms with van der Waals surface area (Å²) in [6, 6.07) is 5.32. The summed E-state index contributed by atoms with van der Waals surface area (Å²) in [5.74, 6) is 1.05. The number of nitrogens with zero attached hydrogens (tertiary/aromatic N) is 1. The molecule has 6 nitrogen and oxygen atoms in total. The number of hydrogen-bond acceptors (Lipinski definition) is 4. The van der Waals surface area contributed by atoms with Gasteiger partial charge in [0.1, 0.15) is 0 Å². The monoisotopic (exact) mass is 316 g/mol. The second kappa shape index (κ2) is 5.76. The second-order valence-electron chi connectivity index (χ2n) is 6.39. The summed E-state index contributed by atoms with van der Waals surface area (Å²) in [4.78, 5) is 26.6. The van der Waals surface area contributed by atoms with Crippen LogP contribution in [-0.4, -0.2) is 36.6 Å². The molecule has 23 heavy (non-hydrogen) atoms. The van der Waals surface area contributed by atoms with Crippen molar-refractivity contribution in [3.63, 3.8) is 0 Å². The lowest BCUT2D eigenvalue weighted by atomic mass is 10.1. The molecule has 3 aliphatic rings. The third kappa shape index (κ3) is 2.85. The third-order valence-corrected chi connectivity index (χ3v) is 4.75. The first kappa shape index (κ1) is 14.4. The molecule has 2 heterocycles. The van der Waals surface area contributed by atoms with Crippen LogP contribution in [0.25, 0.3) is 0 Å². The number of ether oxygens (including phenoxy) is 2. The van der Waals surface area contributed by atoms with Crippen LogP contribution >= 0.6 is 0 Å². The van der Waals surface area contributed by atoms with Crippen molar-refractivity contribution >= 4 is 17.5 Å². The van der Waals surface area contributed by atoms with Gasteiger partial charge in [0.15, 0.2) is 11.5 Å². The van der Waals surface area contributed by atoms with Crippen LogP contribution in [0.3, 0.4) is 0 Å². The number of benzene rings is 1. The molecule has 122 valence electrons. The molecule has 1 aromatic rings. The number of carbonyl (C=O) groups excluding carboxylic acids is 2. The van der Waals surface area contributed by atoms with Crippen LogP contribution in [-0.2, 0) is 9.59 Å². The van der Waals surface area contributed by atoms with Crippen LogP contribution in [0.15, 0.2) is 18.2 Å². The smallest absolute Gasteiger partial charge is 0.231 e. The van der Waals surface area contributed by atoms with Crippen molar-refractivity contribution in [2.75, 3.05) is 25.2 Å². The molecule has 6 heteroatoms. The standard InChI is InChI=1S/C17H20N2O4/c20-16(18-11-4-5-14-15(8-11)23-10-22-14)12-9-13(12)17(21)19-6-2-1-3-7-19/h4-5,8,12-13H,1-3,6-7,9-10H2,(H,18,20). The van der Waals surface area contributed by atoms with E-state index in [1.54, 1.807) is 18.2 Å². The van der Waals surface area contributed by atoms with Gasteiger partial charge in [-0.25, -0.2) is 0 Å². The van der Waals surface area contributed by atoms with E-state index in [9.17, 15) is 9.59 Å². The summed E-state index contributed by atoms with van der Waals surface area (Å²) < 4.78 is 10.5. The topological polar surface area (TPSA) is 67.9 Å². The Morgan fingerprint density at radius 1 is 1.04 bits per heavy atom. The summed E-state index contributed by atoms with van der Waals surface area (Å²) in [7, 11) is 0. The number of rotatable bonds is 3. The molecule has 0 spiro atoms. The number of piperidine rings is 1. The SMILES string of the molecule is O=C(Nc1ccc2c(c1)OCO2)C1CC1C(=O)N1CCCCC1. The molecule has 2 fully saturated rings. The highest BCUT2D eigenvalue weighted by molar-refractivity contribution is 5.99. The van der Waals surface area contributed by atoms with E-state index in [4.69, 9.17) is 9.47 Å². The third-order valence-electron chi connectivity index (χ3n) is 4.75. The van der Waals surface area contributed by atoms with Gasteiger partial charge in [0, 0.05) is 24.8 Å². The van der Waals surface area contributed by atoms with E-state index in [1.165, 1.54) is 6.42 Å². The van der Waals surface area contributed by atoms with Gasteiger partial charge < -0.3 is 19.7 Å². The first-order valence-electron chi connectivity index (χ1n) is 8.22. The summed E-state index contributed by atoms with van der Waals surface area (Å²) >= 11 is 0. The lowest BCUT2D eigenvalue weighted by Crippen LogP contribution is -2.37. The Hall–Kier alpha value is -2.24. The Morgan fingerprint density at radius 2 is 1.83 bits per heavy atom. The summed E-state index contributed by atoms with van der Waals surface area (Å²) in [5, 5.41) is 2.88. The van der Waals surface area contributed by atoms with Crippen molar-refractivity contribution < 1.29 is 19.1 Å². The fourth-order valence-corrected chi connectivity index (χ4v) is 3.32. The van der Waals surface area contributed by atoms with Crippen LogP contribution in [0.2, 0.25) is 0 Å². The van der Waals surface area contributed by atoms with Gasteiger partial charge >= 0.3 is 0 Å². The van der Waals surface area contributed by atoms with Crippen LogP contribution in [0.1, 0.15) is 25.7 Å². The molecule has 2 atom stereocenters. The van der Waals surface area contributed by atoms with Crippen LogP contribution < -0.4 is 14.8 Å². The summed E-state index contributed by atoms with van der Waals surface area (Å²) in [6.45, 7) is 1.89. The number of likely N-dealkylation sites (tertiary alicyclic amines) is 1. The van der Waals surface area contributed by atoms with E-state index in [-0.39, 0.29) is 30.4 Å². The quantitative estimate of drug-likeness (QED) is 0.926.